The molecular formula is C24H26N4O. The third-order valence-corrected chi connectivity index (χ3v) is 6.25. The van der Waals surface area contributed by atoms with Crippen molar-refractivity contribution in [2.75, 3.05) is 18.4 Å². The second-order valence-electron chi connectivity index (χ2n) is 8.12. The van der Waals surface area contributed by atoms with Crippen molar-refractivity contribution in [3.8, 4) is 5.69 Å². The molecule has 2 amide bonds. The molecule has 0 radical (unpaired) electrons. The highest BCUT2D eigenvalue weighted by molar-refractivity contribution is 5.74. The van der Waals surface area contributed by atoms with Gasteiger partial charge >= 0.3 is 6.03 Å². The number of rotatable bonds is 2. The van der Waals surface area contributed by atoms with Gasteiger partial charge in [-0.2, -0.15) is 0 Å². The number of aryl methyl sites for hydroxylation is 1. The van der Waals surface area contributed by atoms with Crippen molar-refractivity contribution < 1.29 is 4.79 Å². The van der Waals surface area contributed by atoms with Crippen molar-refractivity contribution in [1.29, 1.82) is 0 Å². The van der Waals surface area contributed by atoms with Crippen molar-refractivity contribution in [3.63, 3.8) is 0 Å². The zero-order valence-corrected chi connectivity index (χ0v) is 16.7. The molecule has 148 valence electrons. The van der Waals surface area contributed by atoms with E-state index >= 15 is 0 Å². The summed E-state index contributed by atoms with van der Waals surface area (Å²) in [4.78, 5) is 14.6. The monoisotopic (exact) mass is 386 g/mol. The number of carbonyl (C=O) groups is 1. The Labute approximate surface area is 171 Å². The van der Waals surface area contributed by atoms with Gasteiger partial charge in [0.15, 0.2) is 0 Å². The molecule has 1 spiro atoms. The normalized spacial score (nSPS) is 16.7. The van der Waals surface area contributed by atoms with Crippen LogP contribution in [0.2, 0.25) is 0 Å². The largest absolute Gasteiger partial charge is 0.372 e. The van der Waals surface area contributed by atoms with E-state index in [1.807, 2.05) is 4.90 Å². The number of hydrogen-bond acceptors (Lipinski definition) is 2. The van der Waals surface area contributed by atoms with E-state index < -0.39 is 0 Å². The molecule has 0 bridgehead atoms. The van der Waals surface area contributed by atoms with E-state index in [0.717, 1.165) is 37.2 Å². The predicted molar refractivity (Wildman–Crippen MR) is 115 cm³/mol. The molecule has 29 heavy (non-hydrogen) atoms. The van der Waals surface area contributed by atoms with Crippen molar-refractivity contribution in [2.24, 2.45) is 0 Å². The van der Waals surface area contributed by atoms with Crippen LogP contribution in [0.25, 0.3) is 5.69 Å². The fourth-order valence-corrected chi connectivity index (χ4v) is 4.56. The van der Waals surface area contributed by atoms with Gasteiger partial charge in [0, 0.05) is 31.5 Å². The highest BCUT2D eigenvalue weighted by atomic mass is 16.2. The number of aromatic nitrogens is 1. The Kier molecular flexibility index (Phi) is 4.31. The van der Waals surface area contributed by atoms with E-state index in [1.54, 1.807) is 0 Å². The summed E-state index contributed by atoms with van der Waals surface area (Å²) in [5.41, 5.74) is 5.88. The minimum atomic E-state index is -0.119. The number of para-hydroxylation sites is 2. The van der Waals surface area contributed by atoms with Gasteiger partial charge < -0.3 is 20.1 Å². The van der Waals surface area contributed by atoms with Gasteiger partial charge in [0.05, 0.1) is 16.9 Å². The average molecular weight is 386 g/mol. The molecule has 1 fully saturated rings. The lowest BCUT2D eigenvalue weighted by molar-refractivity contribution is 0.162. The van der Waals surface area contributed by atoms with Gasteiger partial charge in [0.2, 0.25) is 0 Å². The number of likely N-dealkylation sites (tertiary alicyclic amines) is 1. The number of nitrogens with one attached hydrogen (secondary N) is 2. The summed E-state index contributed by atoms with van der Waals surface area (Å²) in [7, 11) is 0. The van der Waals surface area contributed by atoms with Crippen LogP contribution in [0, 0.1) is 6.92 Å². The van der Waals surface area contributed by atoms with Crippen LogP contribution in [0.15, 0.2) is 66.9 Å². The fourth-order valence-electron chi connectivity index (χ4n) is 4.56. The van der Waals surface area contributed by atoms with E-state index in [0.29, 0.717) is 6.54 Å². The number of hydrogen-bond donors (Lipinski definition) is 2. The van der Waals surface area contributed by atoms with Crippen LogP contribution in [0.1, 0.15) is 29.7 Å². The first-order chi connectivity index (χ1) is 14.1. The van der Waals surface area contributed by atoms with E-state index in [-0.39, 0.29) is 11.6 Å². The number of benzene rings is 2. The molecule has 5 nitrogen and oxygen atoms in total. The number of piperidine rings is 1. The van der Waals surface area contributed by atoms with E-state index in [1.165, 1.54) is 16.9 Å². The van der Waals surface area contributed by atoms with Gasteiger partial charge in [-0.3, -0.25) is 0 Å². The first-order valence-electron chi connectivity index (χ1n) is 10.3. The molecule has 0 aliphatic carbocycles. The van der Waals surface area contributed by atoms with Crippen molar-refractivity contribution in [2.45, 2.75) is 31.8 Å². The number of amides is 2. The standard InChI is InChI=1S/C24H26N4O/c1-18-8-10-19(11-9-18)17-25-23(29)27-15-12-24(13-16-27)22-7-4-14-28(22)21-6-3-2-5-20(21)26-24/h2-11,14,26H,12-13,15-17H2,1H3,(H,25,29). The number of anilines is 1. The third-order valence-electron chi connectivity index (χ3n) is 6.25. The Balaban J connectivity index is 1.27. The Morgan fingerprint density at radius 1 is 1.03 bits per heavy atom. The molecular weight excluding hydrogens is 360 g/mol. The van der Waals surface area contributed by atoms with Gasteiger partial charge in [-0.25, -0.2) is 4.79 Å². The summed E-state index contributed by atoms with van der Waals surface area (Å²) in [6.07, 6.45) is 3.92. The second kappa shape index (κ2) is 6.99. The van der Waals surface area contributed by atoms with E-state index in [4.69, 9.17) is 0 Å². The smallest absolute Gasteiger partial charge is 0.317 e. The third kappa shape index (κ3) is 3.16. The lowest BCUT2D eigenvalue weighted by Gasteiger charge is -2.46. The van der Waals surface area contributed by atoms with Crippen LogP contribution >= 0.6 is 0 Å². The SMILES string of the molecule is Cc1ccc(CNC(=O)N2CCC3(CC2)Nc2ccccc2-n2cccc23)cc1. The quantitative estimate of drug-likeness (QED) is 0.685. The summed E-state index contributed by atoms with van der Waals surface area (Å²) in [6.45, 7) is 4.11. The molecule has 2 aliphatic heterocycles. The van der Waals surface area contributed by atoms with Gasteiger partial charge in [-0.05, 0) is 49.6 Å². The van der Waals surface area contributed by atoms with Gasteiger partial charge in [0.25, 0.3) is 0 Å². The van der Waals surface area contributed by atoms with Crippen molar-refractivity contribution in [3.05, 3.63) is 83.7 Å². The minimum Gasteiger partial charge on any atom is -0.372 e. The lowest BCUT2D eigenvalue weighted by atomic mass is 9.82. The molecule has 2 N–H and O–H groups in total. The van der Waals surface area contributed by atoms with Crippen LogP contribution in [-0.2, 0) is 12.1 Å². The molecule has 2 aromatic carbocycles. The van der Waals surface area contributed by atoms with Crippen LogP contribution in [0.5, 0.6) is 0 Å². The topological polar surface area (TPSA) is 49.3 Å². The average Bonchev–Trinajstić information content (AvgIpc) is 3.25. The zero-order chi connectivity index (χ0) is 19.8. The summed E-state index contributed by atoms with van der Waals surface area (Å²) < 4.78 is 2.29. The molecule has 1 aromatic heterocycles. The summed E-state index contributed by atoms with van der Waals surface area (Å²) in [6, 6.07) is 21.1. The van der Waals surface area contributed by atoms with Crippen LogP contribution in [0.3, 0.4) is 0 Å². The molecule has 3 heterocycles. The Morgan fingerprint density at radius 2 is 1.79 bits per heavy atom. The number of urea groups is 1. The van der Waals surface area contributed by atoms with Crippen LogP contribution in [0.4, 0.5) is 10.5 Å². The van der Waals surface area contributed by atoms with Gasteiger partial charge in [-0.15, -0.1) is 0 Å². The van der Waals surface area contributed by atoms with E-state index in [2.05, 4.69) is 89.0 Å². The summed E-state index contributed by atoms with van der Waals surface area (Å²) >= 11 is 0. The Morgan fingerprint density at radius 3 is 2.59 bits per heavy atom. The van der Waals surface area contributed by atoms with Crippen LogP contribution in [-0.4, -0.2) is 28.6 Å². The highest BCUT2D eigenvalue weighted by Crippen LogP contribution is 2.43. The molecule has 0 atom stereocenters. The predicted octanol–water partition coefficient (Wildman–Crippen LogP) is 4.41. The van der Waals surface area contributed by atoms with Crippen LogP contribution < -0.4 is 10.6 Å². The molecule has 5 rings (SSSR count). The molecule has 3 aromatic rings. The van der Waals surface area contributed by atoms with Crippen molar-refractivity contribution in [1.82, 2.24) is 14.8 Å². The highest BCUT2D eigenvalue weighted by Gasteiger charge is 2.42. The Hall–Kier alpha value is -3.21. The molecule has 2 aliphatic rings. The zero-order valence-electron chi connectivity index (χ0n) is 16.7. The lowest BCUT2D eigenvalue weighted by Crippen LogP contribution is -2.52. The summed E-state index contributed by atoms with van der Waals surface area (Å²) in [5, 5.41) is 6.87. The summed E-state index contributed by atoms with van der Waals surface area (Å²) in [5.74, 6) is 0. The molecule has 0 saturated carbocycles. The van der Waals surface area contributed by atoms with Gasteiger partial charge in [-0.1, -0.05) is 42.0 Å². The Bertz CT molecular complexity index is 1030. The maximum Gasteiger partial charge on any atom is 0.317 e. The molecule has 5 heteroatoms. The second-order valence-corrected chi connectivity index (χ2v) is 8.12. The first-order valence-corrected chi connectivity index (χ1v) is 10.3. The van der Waals surface area contributed by atoms with E-state index in [9.17, 15) is 4.79 Å². The number of nitrogens with zero attached hydrogens (tertiary/aromatic N) is 2. The maximum absolute atomic E-state index is 12.7. The maximum atomic E-state index is 12.7. The minimum absolute atomic E-state index is 0.0204. The molecule has 1 saturated heterocycles. The number of fused-ring (bicyclic) bond motifs is 4. The number of carbonyl (C=O) groups excluding carboxylic acids is 1. The fraction of sp³-hybridized carbons (Fsp3) is 0.292. The van der Waals surface area contributed by atoms with Crippen molar-refractivity contribution >= 4 is 11.7 Å². The first kappa shape index (κ1) is 17.9. The molecule has 0 unspecified atom stereocenters. The van der Waals surface area contributed by atoms with Gasteiger partial charge in [0.1, 0.15) is 0 Å².